The quantitative estimate of drug-likeness (QED) is 0.891. The van der Waals surface area contributed by atoms with Gasteiger partial charge in [-0.15, -0.1) is 0 Å². The first-order valence-electron chi connectivity index (χ1n) is 6.80. The van der Waals surface area contributed by atoms with E-state index in [1.807, 2.05) is 12.1 Å². The summed E-state index contributed by atoms with van der Waals surface area (Å²) < 4.78 is 15.5. The van der Waals surface area contributed by atoms with E-state index in [-0.39, 0.29) is 5.91 Å². The molecule has 1 N–H and O–H groups in total. The molecule has 0 spiro atoms. The van der Waals surface area contributed by atoms with Crippen LogP contribution in [0.1, 0.15) is 15.9 Å². The van der Waals surface area contributed by atoms with E-state index in [2.05, 4.69) is 5.32 Å². The number of hydrogen-bond donors (Lipinski definition) is 1. The van der Waals surface area contributed by atoms with E-state index < -0.39 is 0 Å². The number of benzene rings is 2. The van der Waals surface area contributed by atoms with Crippen molar-refractivity contribution in [1.29, 1.82) is 0 Å². The van der Waals surface area contributed by atoms with E-state index in [0.717, 1.165) is 5.56 Å². The Hall–Kier alpha value is -2.69. The molecular weight excluding hydrogens is 282 g/mol. The maximum Gasteiger partial charge on any atom is 0.251 e. The van der Waals surface area contributed by atoms with Gasteiger partial charge in [0.25, 0.3) is 5.91 Å². The lowest BCUT2D eigenvalue weighted by molar-refractivity contribution is 0.0950. The van der Waals surface area contributed by atoms with Crippen LogP contribution in [0.5, 0.6) is 17.2 Å². The third kappa shape index (κ3) is 3.91. The second kappa shape index (κ2) is 7.36. The van der Waals surface area contributed by atoms with Gasteiger partial charge in [0, 0.05) is 18.2 Å². The maximum atomic E-state index is 12.2. The average Bonchev–Trinajstić information content (AvgIpc) is 2.59. The lowest BCUT2D eigenvalue weighted by Gasteiger charge is -2.10. The summed E-state index contributed by atoms with van der Waals surface area (Å²) >= 11 is 0. The van der Waals surface area contributed by atoms with Gasteiger partial charge in [-0.05, 0) is 35.9 Å². The third-order valence-electron chi connectivity index (χ3n) is 3.20. The Morgan fingerprint density at radius 3 is 2.14 bits per heavy atom. The van der Waals surface area contributed by atoms with E-state index in [1.165, 1.54) is 0 Å². The summed E-state index contributed by atoms with van der Waals surface area (Å²) in [5.74, 6) is 1.85. The van der Waals surface area contributed by atoms with Gasteiger partial charge in [0.2, 0.25) is 0 Å². The molecule has 116 valence electrons. The lowest BCUT2D eigenvalue weighted by atomic mass is 10.1. The molecule has 5 nitrogen and oxygen atoms in total. The van der Waals surface area contributed by atoms with Crippen LogP contribution in [0.2, 0.25) is 0 Å². The Kier molecular flexibility index (Phi) is 5.25. The molecule has 0 heterocycles. The summed E-state index contributed by atoms with van der Waals surface area (Å²) in [6.07, 6.45) is 0. The maximum absolute atomic E-state index is 12.2. The van der Waals surface area contributed by atoms with Crippen molar-refractivity contribution in [2.24, 2.45) is 0 Å². The van der Waals surface area contributed by atoms with Crippen molar-refractivity contribution in [3.63, 3.8) is 0 Å². The predicted octanol–water partition coefficient (Wildman–Crippen LogP) is 2.64. The molecule has 2 aromatic rings. The molecule has 2 aromatic carbocycles. The monoisotopic (exact) mass is 301 g/mol. The fourth-order valence-electron chi connectivity index (χ4n) is 2.02. The molecule has 0 aliphatic carbocycles. The summed E-state index contributed by atoms with van der Waals surface area (Å²) in [5.41, 5.74) is 1.45. The van der Waals surface area contributed by atoms with Gasteiger partial charge in [0.1, 0.15) is 17.2 Å². The minimum atomic E-state index is -0.166. The zero-order chi connectivity index (χ0) is 15.9. The second-order valence-electron chi connectivity index (χ2n) is 4.64. The van der Waals surface area contributed by atoms with Crippen molar-refractivity contribution >= 4 is 5.91 Å². The molecule has 2 rings (SSSR count). The van der Waals surface area contributed by atoms with Gasteiger partial charge in [-0.1, -0.05) is 6.07 Å². The molecule has 0 saturated carbocycles. The number of ether oxygens (including phenoxy) is 3. The zero-order valence-corrected chi connectivity index (χ0v) is 12.9. The molecule has 22 heavy (non-hydrogen) atoms. The molecule has 0 aliphatic rings. The summed E-state index contributed by atoms with van der Waals surface area (Å²) in [6.45, 7) is 0.379. The van der Waals surface area contributed by atoms with Crippen molar-refractivity contribution in [2.45, 2.75) is 6.54 Å². The Bertz CT molecular complexity index is 633. The number of carbonyl (C=O) groups excluding carboxylic acids is 1. The lowest BCUT2D eigenvalue weighted by Crippen LogP contribution is -2.22. The molecule has 0 saturated heterocycles. The highest BCUT2D eigenvalue weighted by atomic mass is 16.5. The van der Waals surface area contributed by atoms with Crippen LogP contribution in [0.25, 0.3) is 0 Å². The van der Waals surface area contributed by atoms with Crippen molar-refractivity contribution in [1.82, 2.24) is 5.32 Å². The van der Waals surface area contributed by atoms with Gasteiger partial charge in [0.05, 0.1) is 21.3 Å². The molecule has 0 bridgehead atoms. The van der Waals surface area contributed by atoms with Crippen molar-refractivity contribution in [3.05, 3.63) is 53.6 Å². The zero-order valence-electron chi connectivity index (χ0n) is 12.9. The fraction of sp³-hybridized carbons (Fsp3) is 0.235. The van der Waals surface area contributed by atoms with Crippen molar-refractivity contribution < 1.29 is 19.0 Å². The first-order valence-corrected chi connectivity index (χ1v) is 6.80. The SMILES string of the molecule is COc1cc(CNC(=O)c2cccc(OC)c2)cc(OC)c1. The first kappa shape index (κ1) is 15.7. The van der Waals surface area contributed by atoms with Crippen LogP contribution in [0.3, 0.4) is 0 Å². The van der Waals surface area contributed by atoms with Crippen LogP contribution in [-0.4, -0.2) is 27.2 Å². The van der Waals surface area contributed by atoms with Crippen LogP contribution >= 0.6 is 0 Å². The number of nitrogens with one attached hydrogen (secondary N) is 1. The predicted molar refractivity (Wildman–Crippen MR) is 83.7 cm³/mol. The topological polar surface area (TPSA) is 56.8 Å². The fourth-order valence-corrected chi connectivity index (χ4v) is 2.02. The Morgan fingerprint density at radius 1 is 0.909 bits per heavy atom. The van der Waals surface area contributed by atoms with Gasteiger partial charge in [-0.3, -0.25) is 4.79 Å². The van der Waals surface area contributed by atoms with Crippen LogP contribution < -0.4 is 19.5 Å². The van der Waals surface area contributed by atoms with Crippen molar-refractivity contribution in [2.75, 3.05) is 21.3 Å². The third-order valence-corrected chi connectivity index (χ3v) is 3.20. The van der Waals surface area contributed by atoms with Crippen molar-refractivity contribution in [3.8, 4) is 17.2 Å². The first-order chi connectivity index (χ1) is 10.7. The van der Waals surface area contributed by atoms with E-state index >= 15 is 0 Å². The molecule has 0 aromatic heterocycles. The number of rotatable bonds is 6. The number of methoxy groups -OCH3 is 3. The summed E-state index contributed by atoms with van der Waals surface area (Å²) in [4.78, 5) is 12.2. The standard InChI is InChI=1S/C17H19NO4/c1-20-14-6-4-5-13(9-14)17(19)18-11-12-7-15(21-2)10-16(8-12)22-3/h4-10H,11H2,1-3H3,(H,18,19). The molecule has 0 atom stereocenters. The minimum Gasteiger partial charge on any atom is -0.497 e. The van der Waals surface area contributed by atoms with Crippen LogP contribution in [-0.2, 0) is 6.54 Å². The van der Waals surface area contributed by atoms with E-state index in [4.69, 9.17) is 14.2 Å². The Morgan fingerprint density at radius 2 is 1.55 bits per heavy atom. The highest BCUT2D eigenvalue weighted by molar-refractivity contribution is 5.94. The minimum absolute atomic E-state index is 0.166. The summed E-state index contributed by atoms with van der Waals surface area (Å²) in [6, 6.07) is 12.5. The summed E-state index contributed by atoms with van der Waals surface area (Å²) in [5, 5.41) is 2.86. The second-order valence-corrected chi connectivity index (χ2v) is 4.64. The molecule has 0 unspecified atom stereocenters. The van der Waals surface area contributed by atoms with Gasteiger partial charge >= 0.3 is 0 Å². The largest absolute Gasteiger partial charge is 0.497 e. The molecular formula is C17H19NO4. The van der Waals surface area contributed by atoms with Crippen LogP contribution in [0.15, 0.2) is 42.5 Å². The van der Waals surface area contributed by atoms with Crippen LogP contribution in [0.4, 0.5) is 0 Å². The molecule has 5 heteroatoms. The molecule has 1 amide bonds. The summed E-state index contributed by atoms with van der Waals surface area (Å²) in [7, 11) is 4.75. The van der Waals surface area contributed by atoms with Gasteiger partial charge < -0.3 is 19.5 Å². The van der Waals surface area contributed by atoms with Crippen LogP contribution in [0, 0.1) is 0 Å². The van der Waals surface area contributed by atoms with Gasteiger partial charge in [0.15, 0.2) is 0 Å². The molecule has 0 aliphatic heterocycles. The average molecular weight is 301 g/mol. The molecule has 0 fully saturated rings. The highest BCUT2D eigenvalue weighted by Crippen LogP contribution is 2.22. The molecule has 0 radical (unpaired) electrons. The highest BCUT2D eigenvalue weighted by Gasteiger charge is 2.08. The van der Waals surface area contributed by atoms with E-state index in [9.17, 15) is 4.79 Å². The normalized spacial score (nSPS) is 9.95. The van der Waals surface area contributed by atoms with E-state index in [0.29, 0.717) is 29.4 Å². The smallest absolute Gasteiger partial charge is 0.251 e. The van der Waals surface area contributed by atoms with Gasteiger partial charge in [-0.25, -0.2) is 0 Å². The number of carbonyl (C=O) groups is 1. The number of hydrogen-bond acceptors (Lipinski definition) is 4. The Labute approximate surface area is 129 Å². The van der Waals surface area contributed by atoms with E-state index in [1.54, 1.807) is 51.7 Å². The van der Waals surface area contributed by atoms with Gasteiger partial charge in [-0.2, -0.15) is 0 Å². The number of amides is 1. The Balaban J connectivity index is 2.07.